The molecule has 4 rings (SSSR count). The molecule has 1 aliphatic rings. The van der Waals surface area contributed by atoms with E-state index in [9.17, 15) is 5.26 Å². The molecule has 31 heavy (non-hydrogen) atoms. The van der Waals surface area contributed by atoms with Crippen LogP contribution < -0.4 is 10.2 Å². The Balaban J connectivity index is 1.63. The molecule has 158 valence electrons. The van der Waals surface area contributed by atoms with Gasteiger partial charge in [-0.1, -0.05) is 44.2 Å². The fourth-order valence-electron chi connectivity index (χ4n) is 4.11. The summed E-state index contributed by atoms with van der Waals surface area (Å²) in [6.07, 6.45) is 1.78. The average Bonchev–Trinajstić information content (AvgIpc) is 2.79. The van der Waals surface area contributed by atoms with Crippen molar-refractivity contribution >= 4 is 28.5 Å². The van der Waals surface area contributed by atoms with Crippen LogP contribution in [0.25, 0.3) is 11.0 Å². The molecule has 0 unspecified atom stereocenters. The molecule has 7 nitrogen and oxygen atoms in total. The van der Waals surface area contributed by atoms with Gasteiger partial charge in [0.25, 0.3) is 0 Å². The van der Waals surface area contributed by atoms with E-state index < -0.39 is 5.54 Å². The molecule has 0 amide bonds. The Labute approximate surface area is 182 Å². The largest absolute Gasteiger partial charge is 0.350 e. The Hall–Kier alpha value is -3.66. The van der Waals surface area contributed by atoms with Gasteiger partial charge in [0.15, 0.2) is 5.96 Å². The summed E-state index contributed by atoms with van der Waals surface area (Å²) in [6.45, 7) is 7.72. The molecule has 0 saturated carbocycles. The van der Waals surface area contributed by atoms with Crippen LogP contribution in [0.1, 0.15) is 19.4 Å². The van der Waals surface area contributed by atoms with Crippen molar-refractivity contribution in [2.24, 2.45) is 5.92 Å². The van der Waals surface area contributed by atoms with E-state index >= 15 is 0 Å². The second-order valence-corrected chi connectivity index (χ2v) is 8.27. The van der Waals surface area contributed by atoms with Crippen molar-refractivity contribution in [2.75, 3.05) is 29.9 Å². The van der Waals surface area contributed by atoms with E-state index in [0.717, 1.165) is 28.1 Å². The number of anilines is 2. The number of guanidine groups is 1. The Morgan fingerprint density at radius 2 is 1.84 bits per heavy atom. The van der Waals surface area contributed by atoms with Crippen molar-refractivity contribution in [3.63, 3.8) is 0 Å². The van der Waals surface area contributed by atoms with Gasteiger partial charge < -0.3 is 15.1 Å². The minimum absolute atomic E-state index is 0.00716. The van der Waals surface area contributed by atoms with E-state index in [0.29, 0.717) is 19.6 Å². The van der Waals surface area contributed by atoms with Gasteiger partial charge >= 0.3 is 0 Å². The zero-order valence-corrected chi connectivity index (χ0v) is 18.1. The van der Waals surface area contributed by atoms with Crippen LogP contribution in [0.5, 0.6) is 0 Å². The van der Waals surface area contributed by atoms with Crippen LogP contribution in [0.4, 0.5) is 11.5 Å². The number of nitriles is 1. The van der Waals surface area contributed by atoms with Crippen molar-refractivity contribution in [3.05, 3.63) is 60.3 Å². The molecule has 7 heteroatoms. The van der Waals surface area contributed by atoms with Gasteiger partial charge in [0.1, 0.15) is 11.4 Å². The summed E-state index contributed by atoms with van der Waals surface area (Å²) in [6, 6.07) is 18.2. The Bertz CT molecular complexity index is 1150. The van der Waals surface area contributed by atoms with Gasteiger partial charge in [-0.05, 0) is 36.6 Å². The first-order valence-corrected chi connectivity index (χ1v) is 10.5. The SMILES string of the molecule is Cc1ccccc1NC(=N)N1CCN(c2cnc3ccccc3n2)C[C@@]1(C#N)C(C)C. The number of hydrogen-bond acceptors (Lipinski definition) is 5. The van der Waals surface area contributed by atoms with Crippen molar-refractivity contribution in [2.45, 2.75) is 26.3 Å². The predicted molar refractivity (Wildman–Crippen MR) is 124 cm³/mol. The summed E-state index contributed by atoms with van der Waals surface area (Å²) < 4.78 is 0. The maximum atomic E-state index is 10.3. The van der Waals surface area contributed by atoms with E-state index in [-0.39, 0.29) is 11.9 Å². The standard InChI is InChI=1S/C24H27N7/c1-17(2)24(15-25)16-30(22-14-27-20-10-6-7-11-21(20)28-22)12-13-31(24)23(26)29-19-9-5-4-8-18(19)3/h4-11,14,17H,12-13,16H2,1-3H3,(H2,26,29)/t24-/m0/s1. The maximum Gasteiger partial charge on any atom is 0.197 e. The number of rotatable bonds is 3. The Morgan fingerprint density at radius 3 is 2.55 bits per heavy atom. The monoisotopic (exact) mass is 413 g/mol. The molecule has 0 spiro atoms. The highest BCUT2D eigenvalue weighted by molar-refractivity contribution is 5.93. The predicted octanol–water partition coefficient (Wildman–Crippen LogP) is 4.03. The summed E-state index contributed by atoms with van der Waals surface area (Å²) in [5, 5.41) is 22.3. The smallest absolute Gasteiger partial charge is 0.197 e. The fourth-order valence-corrected chi connectivity index (χ4v) is 4.11. The first kappa shape index (κ1) is 20.6. The van der Waals surface area contributed by atoms with Crippen LogP contribution in [0.3, 0.4) is 0 Å². The molecular weight excluding hydrogens is 386 g/mol. The molecule has 0 bridgehead atoms. The first-order valence-electron chi connectivity index (χ1n) is 10.5. The topological polar surface area (TPSA) is 91.9 Å². The molecule has 1 aliphatic heterocycles. The molecule has 3 aromatic rings. The second-order valence-electron chi connectivity index (χ2n) is 8.27. The van der Waals surface area contributed by atoms with Gasteiger partial charge in [-0.25, -0.2) is 4.98 Å². The molecule has 1 saturated heterocycles. The van der Waals surface area contributed by atoms with Gasteiger partial charge in [-0.3, -0.25) is 10.4 Å². The number of fused-ring (bicyclic) bond motifs is 1. The molecule has 1 aromatic heterocycles. The number of nitrogens with one attached hydrogen (secondary N) is 2. The second kappa shape index (κ2) is 8.23. The number of aromatic nitrogens is 2. The summed E-state index contributed by atoms with van der Waals surface area (Å²) in [5.41, 5.74) is 2.77. The Morgan fingerprint density at radius 1 is 1.13 bits per heavy atom. The van der Waals surface area contributed by atoms with Crippen molar-refractivity contribution in [3.8, 4) is 6.07 Å². The lowest BCUT2D eigenvalue weighted by Crippen LogP contribution is -2.67. The van der Waals surface area contributed by atoms with Gasteiger partial charge in [0.05, 0.1) is 29.8 Å². The minimum atomic E-state index is -0.863. The zero-order chi connectivity index (χ0) is 22.0. The first-order chi connectivity index (χ1) is 14.9. The highest BCUT2D eigenvalue weighted by Crippen LogP contribution is 2.32. The van der Waals surface area contributed by atoms with Crippen LogP contribution >= 0.6 is 0 Å². The molecule has 1 atom stereocenters. The average molecular weight is 414 g/mol. The van der Waals surface area contributed by atoms with Gasteiger partial charge in [-0.15, -0.1) is 0 Å². The number of hydrogen-bond donors (Lipinski definition) is 2. The summed E-state index contributed by atoms with van der Waals surface area (Å²) in [5.74, 6) is 1.01. The summed E-state index contributed by atoms with van der Waals surface area (Å²) >= 11 is 0. The van der Waals surface area contributed by atoms with Gasteiger partial charge in [-0.2, -0.15) is 5.26 Å². The number of para-hydroxylation sites is 3. The fraction of sp³-hybridized carbons (Fsp3) is 0.333. The minimum Gasteiger partial charge on any atom is -0.350 e. The summed E-state index contributed by atoms with van der Waals surface area (Å²) in [4.78, 5) is 13.3. The van der Waals surface area contributed by atoms with Crippen molar-refractivity contribution in [1.82, 2.24) is 14.9 Å². The lowest BCUT2D eigenvalue weighted by Gasteiger charge is -2.50. The normalized spacial score (nSPS) is 18.8. The zero-order valence-electron chi connectivity index (χ0n) is 18.1. The van der Waals surface area contributed by atoms with Crippen LogP contribution in [0, 0.1) is 29.6 Å². The third-order valence-corrected chi connectivity index (χ3v) is 6.08. The number of nitrogens with zero attached hydrogens (tertiary/aromatic N) is 5. The molecular formula is C24H27N7. The lowest BCUT2D eigenvalue weighted by atomic mass is 9.83. The Kier molecular flexibility index (Phi) is 5.47. The van der Waals surface area contributed by atoms with Crippen molar-refractivity contribution < 1.29 is 0 Å². The van der Waals surface area contributed by atoms with Crippen molar-refractivity contribution in [1.29, 1.82) is 10.7 Å². The van der Waals surface area contributed by atoms with Crippen LogP contribution in [0.15, 0.2) is 54.7 Å². The molecule has 0 radical (unpaired) electrons. The third-order valence-electron chi connectivity index (χ3n) is 6.08. The molecule has 0 aliphatic carbocycles. The van der Waals surface area contributed by atoms with Crippen LogP contribution in [-0.4, -0.2) is 46.0 Å². The van der Waals surface area contributed by atoms with Crippen LogP contribution in [-0.2, 0) is 0 Å². The van der Waals surface area contributed by atoms with E-state index in [1.807, 2.05) is 74.2 Å². The summed E-state index contributed by atoms with van der Waals surface area (Å²) in [7, 11) is 0. The lowest BCUT2D eigenvalue weighted by molar-refractivity contribution is 0.153. The molecule has 2 aromatic carbocycles. The third kappa shape index (κ3) is 3.77. The van der Waals surface area contributed by atoms with Crippen LogP contribution in [0.2, 0.25) is 0 Å². The highest BCUT2D eigenvalue weighted by atomic mass is 15.4. The molecule has 2 N–H and O–H groups in total. The van der Waals surface area contributed by atoms with E-state index in [4.69, 9.17) is 10.4 Å². The number of aryl methyl sites for hydroxylation is 1. The molecule has 2 heterocycles. The van der Waals surface area contributed by atoms with Gasteiger partial charge in [0.2, 0.25) is 0 Å². The van der Waals surface area contributed by atoms with E-state index in [1.165, 1.54) is 0 Å². The molecule has 1 fully saturated rings. The number of piperazine rings is 1. The number of benzene rings is 2. The maximum absolute atomic E-state index is 10.3. The van der Waals surface area contributed by atoms with Gasteiger partial charge in [0, 0.05) is 18.8 Å². The quantitative estimate of drug-likeness (QED) is 0.498. The van der Waals surface area contributed by atoms with E-state index in [1.54, 1.807) is 6.20 Å². The highest BCUT2D eigenvalue weighted by Gasteiger charge is 2.46. The van der Waals surface area contributed by atoms with E-state index in [2.05, 4.69) is 21.3 Å².